The Labute approximate surface area is 89.0 Å². The van der Waals surface area contributed by atoms with Crippen LogP contribution < -0.4 is 4.74 Å². The van der Waals surface area contributed by atoms with Crippen molar-refractivity contribution in [3.63, 3.8) is 0 Å². The molecule has 1 N–H and O–H groups in total. The van der Waals surface area contributed by atoms with Gasteiger partial charge in [0.1, 0.15) is 11.5 Å². The third-order valence-electron chi connectivity index (χ3n) is 1.97. The van der Waals surface area contributed by atoms with Crippen LogP contribution in [0.2, 0.25) is 0 Å². The fourth-order valence-electron chi connectivity index (χ4n) is 1.16. The molecule has 0 aliphatic heterocycles. The molecule has 0 spiro atoms. The Morgan fingerprint density at radius 3 is 2.67 bits per heavy atom. The van der Waals surface area contributed by atoms with Gasteiger partial charge in [-0.3, -0.25) is 0 Å². The topological polar surface area (TPSA) is 46.5 Å². The number of rotatable bonds is 3. The van der Waals surface area contributed by atoms with Gasteiger partial charge < -0.3 is 9.84 Å². The molecule has 0 heterocycles. The van der Waals surface area contributed by atoms with E-state index in [4.69, 9.17) is 4.74 Å². The zero-order valence-electron chi connectivity index (χ0n) is 8.86. The highest BCUT2D eigenvalue weighted by Crippen LogP contribution is 2.26. The lowest BCUT2D eigenvalue weighted by Crippen LogP contribution is -2.03. The minimum Gasteiger partial charge on any atom is -0.508 e. The average molecular weight is 206 g/mol. The molecule has 0 amide bonds. The summed E-state index contributed by atoms with van der Waals surface area (Å²) in [5.41, 5.74) is 0.918. The number of hydrogen-bond donors (Lipinski definition) is 1. The number of esters is 1. The van der Waals surface area contributed by atoms with Crippen LogP contribution in [-0.2, 0) is 4.79 Å². The molecule has 3 nitrogen and oxygen atoms in total. The first-order valence-electron chi connectivity index (χ1n) is 4.71. The Bertz CT molecular complexity index is 380. The number of benzene rings is 1. The summed E-state index contributed by atoms with van der Waals surface area (Å²) in [6.45, 7) is 7.29. The van der Waals surface area contributed by atoms with Crippen LogP contribution in [0.4, 0.5) is 0 Å². The third kappa shape index (κ3) is 3.13. The molecule has 1 aromatic carbocycles. The largest absolute Gasteiger partial charge is 0.508 e. The SMILES string of the molecule is C=CC(=O)Oc1cc(O)cc(C(C)C)c1. The van der Waals surface area contributed by atoms with Gasteiger partial charge in [-0.2, -0.15) is 0 Å². The molecule has 1 aromatic rings. The summed E-state index contributed by atoms with van der Waals surface area (Å²) in [5.74, 6) is 0.158. The van der Waals surface area contributed by atoms with Gasteiger partial charge in [-0.05, 0) is 23.6 Å². The second kappa shape index (κ2) is 4.64. The van der Waals surface area contributed by atoms with Gasteiger partial charge >= 0.3 is 5.97 Å². The van der Waals surface area contributed by atoms with E-state index in [1.165, 1.54) is 6.07 Å². The van der Waals surface area contributed by atoms with Crippen molar-refractivity contribution in [2.24, 2.45) is 0 Å². The summed E-state index contributed by atoms with van der Waals surface area (Å²) < 4.78 is 4.92. The Morgan fingerprint density at radius 2 is 2.13 bits per heavy atom. The Morgan fingerprint density at radius 1 is 1.47 bits per heavy atom. The second-order valence-electron chi connectivity index (χ2n) is 3.54. The lowest BCUT2D eigenvalue weighted by atomic mass is 10.0. The molecule has 15 heavy (non-hydrogen) atoms. The molecule has 0 aliphatic carbocycles. The maximum absolute atomic E-state index is 11.0. The van der Waals surface area contributed by atoms with E-state index in [9.17, 15) is 9.90 Å². The van der Waals surface area contributed by atoms with Crippen molar-refractivity contribution >= 4 is 5.97 Å². The minimum atomic E-state index is -0.532. The van der Waals surface area contributed by atoms with Gasteiger partial charge in [0.25, 0.3) is 0 Å². The van der Waals surface area contributed by atoms with Crippen molar-refractivity contribution in [3.8, 4) is 11.5 Å². The van der Waals surface area contributed by atoms with Gasteiger partial charge in [-0.1, -0.05) is 20.4 Å². The minimum absolute atomic E-state index is 0.0908. The molecule has 0 saturated heterocycles. The molecule has 0 radical (unpaired) electrons. The molecule has 0 atom stereocenters. The van der Waals surface area contributed by atoms with Crippen LogP contribution in [0.5, 0.6) is 11.5 Å². The fraction of sp³-hybridized carbons (Fsp3) is 0.250. The van der Waals surface area contributed by atoms with E-state index >= 15 is 0 Å². The monoisotopic (exact) mass is 206 g/mol. The predicted molar refractivity (Wildman–Crippen MR) is 58.0 cm³/mol. The van der Waals surface area contributed by atoms with Gasteiger partial charge in [0.15, 0.2) is 0 Å². The van der Waals surface area contributed by atoms with Gasteiger partial charge in [-0.25, -0.2) is 4.79 Å². The Hall–Kier alpha value is -1.77. The summed E-state index contributed by atoms with van der Waals surface area (Å²) in [4.78, 5) is 11.0. The van der Waals surface area contributed by atoms with E-state index in [0.29, 0.717) is 5.75 Å². The number of carbonyl (C=O) groups is 1. The highest BCUT2D eigenvalue weighted by Gasteiger charge is 2.06. The van der Waals surface area contributed by atoms with Gasteiger partial charge in [0, 0.05) is 12.1 Å². The van der Waals surface area contributed by atoms with E-state index in [1.54, 1.807) is 12.1 Å². The highest BCUT2D eigenvalue weighted by atomic mass is 16.5. The van der Waals surface area contributed by atoms with Crippen LogP contribution in [0.15, 0.2) is 30.9 Å². The van der Waals surface area contributed by atoms with Crippen molar-refractivity contribution in [2.75, 3.05) is 0 Å². The number of phenolic OH excluding ortho intramolecular Hbond substituents is 1. The van der Waals surface area contributed by atoms with Crippen molar-refractivity contribution < 1.29 is 14.6 Å². The third-order valence-corrected chi connectivity index (χ3v) is 1.97. The molecular formula is C12H14O3. The standard InChI is InChI=1S/C12H14O3/c1-4-12(14)15-11-6-9(8(2)3)5-10(13)7-11/h4-8,13H,1H2,2-3H3. The van der Waals surface area contributed by atoms with E-state index in [-0.39, 0.29) is 11.7 Å². The fourth-order valence-corrected chi connectivity index (χ4v) is 1.16. The van der Waals surface area contributed by atoms with Crippen molar-refractivity contribution in [3.05, 3.63) is 36.4 Å². The zero-order chi connectivity index (χ0) is 11.4. The van der Waals surface area contributed by atoms with Crippen molar-refractivity contribution in [1.29, 1.82) is 0 Å². The summed E-state index contributed by atoms with van der Waals surface area (Å²) in [6, 6.07) is 4.77. The number of ether oxygens (including phenoxy) is 1. The zero-order valence-corrected chi connectivity index (χ0v) is 8.86. The van der Waals surface area contributed by atoms with Crippen molar-refractivity contribution in [2.45, 2.75) is 19.8 Å². The summed E-state index contributed by atoms with van der Waals surface area (Å²) >= 11 is 0. The highest BCUT2D eigenvalue weighted by molar-refractivity contribution is 5.83. The smallest absolute Gasteiger partial charge is 0.335 e. The second-order valence-corrected chi connectivity index (χ2v) is 3.54. The van der Waals surface area contributed by atoms with Crippen LogP contribution >= 0.6 is 0 Å². The molecule has 0 fully saturated rings. The average Bonchev–Trinajstić information content (AvgIpc) is 2.16. The molecule has 3 heteroatoms. The number of hydrogen-bond acceptors (Lipinski definition) is 3. The number of phenols is 1. The summed E-state index contributed by atoms with van der Waals surface area (Å²) in [6.07, 6.45) is 1.08. The predicted octanol–water partition coefficient (Wildman–Crippen LogP) is 2.61. The van der Waals surface area contributed by atoms with Gasteiger partial charge in [0.05, 0.1) is 0 Å². The van der Waals surface area contributed by atoms with Crippen LogP contribution in [-0.4, -0.2) is 11.1 Å². The lowest BCUT2D eigenvalue weighted by Gasteiger charge is -2.08. The maximum atomic E-state index is 11.0. The molecule has 0 saturated carbocycles. The van der Waals surface area contributed by atoms with Crippen LogP contribution in [0.1, 0.15) is 25.3 Å². The molecule has 0 aromatic heterocycles. The van der Waals surface area contributed by atoms with E-state index in [0.717, 1.165) is 11.6 Å². The first-order chi connectivity index (χ1) is 7.02. The molecule has 80 valence electrons. The van der Waals surface area contributed by atoms with Gasteiger partial charge in [0.2, 0.25) is 0 Å². The van der Waals surface area contributed by atoms with Crippen LogP contribution in [0, 0.1) is 0 Å². The first kappa shape index (κ1) is 11.3. The number of aromatic hydroxyl groups is 1. The maximum Gasteiger partial charge on any atom is 0.335 e. The Kier molecular flexibility index (Phi) is 3.50. The van der Waals surface area contributed by atoms with Crippen LogP contribution in [0.25, 0.3) is 0 Å². The summed E-state index contributed by atoms with van der Waals surface area (Å²) in [7, 11) is 0. The van der Waals surface area contributed by atoms with Crippen LogP contribution in [0.3, 0.4) is 0 Å². The van der Waals surface area contributed by atoms with Crippen molar-refractivity contribution in [1.82, 2.24) is 0 Å². The van der Waals surface area contributed by atoms with E-state index < -0.39 is 5.97 Å². The van der Waals surface area contributed by atoms with E-state index in [2.05, 4.69) is 6.58 Å². The van der Waals surface area contributed by atoms with Gasteiger partial charge in [-0.15, -0.1) is 0 Å². The first-order valence-corrected chi connectivity index (χ1v) is 4.71. The molecule has 0 bridgehead atoms. The quantitative estimate of drug-likeness (QED) is 0.469. The summed E-state index contributed by atoms with van der Waals surface area (Å²) in [5, 5.41) is 9.41. The molecule has 0 aliphatic rings. The molecular weight excluding hydrogens is 192 g/mol. The normalized spacial score (nSPS) is 10.1. The molecule has 1 rings (SSSR count). The number of carbonyl (C=O) groups excluding carboxylic acids is 1. The lowest BCUT2D eigenvalue weighted by molar-refractivity contribution is -0.128. The van der Waals surface area contributed by atoms with E-state index in [1.807, 2.05) is 13.8 Å². The Balaban J connectivity index is 2.98. The molecule has 0 unspecified atom stereocenters.